The summed E-state index contributed by atoms with van der Waals surface area (Å²) < 4.78 is 25.9. The summed E-state index contributed by atoms with van der Waals surface area (Å²) in [6.45, 7) is 4.44. The van der Waals surface area contributed by atoms with Gasteiger partial charge in [-0.3, -0.25) is 0 Å². The molecule has 0 heterocycles. The van der Waals surface area contributed by atoms with Crippen molar-refractivity contribution in [1.29, 1.82) is 0 Å². The third kappa shape index (κ3) is 6.28. The molecule has 18 heavy (non-hydrogen) atoms. The van der Waals surface area contributed by atoms with Crippen LogP contribution in [0, 0.1) is 5.92 Å². The van der Waals surface area contributed by atoms with E-state index < -0.39 is 10.0 Å². The molecule has 0 aliphatic carbocycles. The van der Waals surface area contributed by atoms with Crippen LogP contribution in [-0.2, 0) is 10.0 Å². The highest BCUT2D eigenvalue weighted by atomic mass is 32.2. The fraction of sp³-hybridized carbons (Fsp3) is 0.500. The monoisotopic (exact) mass is 288 g/mol. The van der Waals surface area contributed by atoms with Gasteiger partial charge in [-0.15, -0.1) is 11.8 Å². The smallest absolute Gasteiger partial charge is 0.212 e. The molecule has 102 valence electrons. The van der Waals surface area contributed by atoms with E-state index >= 15 is 0 Å². The van der Waals surface area contributed by atoms with Crippen LogP contribution in [0.3, 0.4) is 0 Å². The van der Waals surface area contributed by atoms with Crippen LogP contribution in [0.5, 0.6) is 0 Å². The number of anilines is 1. The van der Waals surface area contributed by atoms with Gasteiger partial charge >= 0.3 is 0 Å². The molecular formula is C12H20N2O2S2. The largest absolute Gasteiger partial charge is 0.399 e. The zero-order valence-corrected chi connectivity index (χ0v) is 12.4. The molecule has 6 heteroatoms. The van der Waals surface area contributed by atoms with E-state index in [9.17, 15) is 8.42 Å². The number of hydrogen-bond donors (Lipinski definition) is 2. The normalized spacial score (nSPS) is 11.9. The summed E-state index contributed by atoms with van der Waals surface area (Å²) in [6.07, 6.45) is 0. The van der Waals surface area contributed by atoms with Crippen LogP contribution in [0.1, 0.15) is 13.8 Å². The molecule has 0 fully saturated rings. The lowest BCUT2D eigenvalue weighted by Crippen LogP contribution is -2.30. The number of hydrogen-bond acceptors (Lipinski definition) is 4. The zero-order chi connectivity index (χ0) is 13.6. The Bertz CT molecular complexity index is 473. The molecule has 3 N–H and O–H groups in total. The summed E-state index contributed by atoms with van der Waals surface area (Å²) in [4.78, 5) is 0.994. The van der Waals surface area contributed by atoms with Crippen LogP contribution in [0.2, 0.25) is 0 Å². The van der Waals surface area contributed by atoms with E-state index in [4.69, 9.17) is 5.73 Å². The summed E-state index contributed by atoms with van der Waals surface area (Å²) in [5.41, 5.74) is 6.35. The Morgan fingerprint density at radius 3 is 2.72 bits per heavy atom. The minimum absolute atomic E-state index is 0.124. The Kier molecular flexibility index (Phi) is 5.98. The average Bonchev–Trinajstić information content (AvgIpc) is 2.26. The van der Waals surface area contributed by atoms with Gasteiger partial charge in [0.1, 0.15) is 0 Å². The Hall–Kier alpha value is -0.720. The molecule has 0 atom stereocenters. The molecule has 0 radical (unpaired) electrons. The fourth-order valence-electron chi connectivity index (χ4n) is 1.24. The van der Waals surface area contributed by atoms with Crippen molar-refractivity contribution in [2.45, 2.75) is 18.7 Å². The first-order valence-electron chi connectivity index (χ1n) is 5.85. The summed E-state index contributed by atoms with van der Waals surface area (Å²) >= 11 is 1.50. The lowest BCUT2D eigenvalue weighted by Gasteiger charge is -2.08. The summed E-state index contributed by atoms with van der Waals surface area (Å²) in [7, 11) is -3.16. The summed E-state index contributed by atoms with van der Waals surface area (Å²) in [6, 6.07) is 7.45. The van der Waals surface area contributed by atoms with Crippen LogP contribution in [0.4, 0.5) is 5.69 Å². The second-order valence-electron chi connectivity index (χ2n) is 4.48. The maximum absolute atomic E-state index is 11.6. The van der Waals surface area contributed by atoms with Crippen molar-refractivity contribution in [3.63, 3.8) is 0 Å². The van der Waals surface area contributed by atoms with Crippen molar-refractivity contribution in [3.05, 3.63) is 24.3 Å². The number of sulfonamides is 1. The fourth-order valence-corrected chi connectivity index (χ4v) is 3.81. The Balaban J connectivity index is 2.37. The Labute approximate surface area is 113 Å². The zero-order valence-electron chi connectivity index (χ0n) is 10.7. The molecule has 1 aromatic rings. The molecule has 1 aromatic carbocycles. The third-order valence-corrected chi connectivity index (χ3v) is 4.79. The molecule has 0 bridgehead atoms. The van der Waals surface area contributed by atoms with Crippen LogP contribution >= 0.6 is 11.8 Å². The molecule has 0 aliphatic heterocycles. The van der Waals surface area contributed by atoms with E-state index in [2.05, 4.69) is 4.72 Å². The lowest BCUT2D eigenvalue weighted by atomic mass is 10.2. The molecule has 0 saturated carbocycles. The number of benzene rings is 1. The van der Waals surface area contributed by atoms with Gasteiger partial charge in [0.25, 0.3) is 0 Å². The van der Waals surface area contributed by atoms with Crippen LogP contribution < -0.4 is 10.5 Å². The highest BCUT2D eigenvalue weighted by Gasteiger charge is 2.10. The van der Waals surface area contributed by atoms with E-state index in [-0.39, 0.29) is 5.75 Å². The molecule has 0 aromatic heterocycles. The van der Waals surface area contributed by atoms with Crippen molar-refractivity contribution in [3.8, 4) is 0 Å². The SMILES string of the molecule is CC(C)CNS(=O)(=O)CCSc1cccc(N)c1. The predicted octanol–water partition coefficient (Wildman–Crippen LogP) is 1.94. The van der Waals surface area contributed by atoms with E-state index in [0.29, 0.717) is 23.9 Å². The predicted molar refractivity (Wildman–Crippen MR) is 78.2 cm³/mol. The number of rotatable bonds is 7. The molecule has 4 nitrogen and oxygen atoms in total. The molecule has 0 spiro atoms. The quantitative estimate of drug-likeness (QED) is 0.594. The van der Waals surface area contributed by atoms with Gasteiger partial charge in [0.2, 0.25) is 10.0 Å². The standard InChI is InChI=1S/C12H20N2O2S2/c1-10(2)9-14-18(15,16)7-6-17-12-5-3-4-11(13)8-12/h3-5,8,10,14H,6-7,9,13H2,1-2H3. The first kappa shape index (κ1) is 15.3. The van der Waals surface area contributed by atoms with Gasteiger partial charge in [-0.2, -0.15) is 0 Å². The number of nitrogens with one attached hydrogen (secondary N) is 1. The second-order valence-corrected chi connectivity index (χ2v) is 7.58. The third-order valence-electron chi connectivity index (χ3n) is 2.19. The molecular weight excluding hydrogens is 268 g/mol. The van der Waals surface area contributed by atoms with Gasteiger partial charge in [-0.1, -0.05) is 19.9 Å². The second kappa shape index (κ2) is 7.01. The van der Waals surface area contributed by atoms with Crippen molar-refractivity contribution < 1.29 is 8.42 Å². The summed E-state index contributed by atoms with van der Waals surface area (Å²) in [5.74, 6) is 0.970. The number of nitrogens with two attached hydrogens (primary N) is 1. The van der Waals surface area contributed by atoms with E-state index in [0.717, 1.165) is 4.90 Å². The number of thioether (sulfide) groups is 1. The van der Waals surface area contributed by atoms with Crippen molar-refractivity contribution >= 4 is 27.5 Å². The van der Waals surface area contributed by atoms with Crippen molar-refractivity contribution in [1.82, 2.24) is 4.72 Å². The van der Waals surface area contributed by atoms with Gasteiger partial charge in [0.05, 0.1) is 5.75 Å². The maximum atomic E-state index is 11.6. The van der Waals surface area contributed by atoms with Crippen LogP contribution in [0.25, 0.3) is 0 Å². The van der Waals surface area contributed by atoms with Crippen LogP contribution in [0.15, 0.2) is 29.2 Å². The average molecular weight is 288 g/mol. The van der Waals surface area contributed by atoms with Gasteiger partial charge in [0.15, 0.2) is 0 Å². The first-order chi connectivity index (χ1) is 8.39. The van der Waals surface area contributed by atoms with E-state index in [1.807, 2.05) is 38.1 Å². The Morgan fingerprint density at radius 1 is 1.39 bits per heavy atom. The summed E-state index contributed by atoms with van der Waals surface area (Å²) in [5, 5.41) is 0. The minimum Gasteiger partial charge on any atom is -0.399 e. The molecule has 0 unspecified atom stereocenters. The highest BCUT2D eigenvalue weighted by molar-refractivity contribution is 8.00. The molecule has 0 saturated heterocycles. The Morgan fingerprint density at radius 2 is 2.11 bits per heavy atom. The van der Waals surface area contributed by atoms with Crippen molar-refractivity contribution in [2.24, 2.45) is 5.92 Å². The molecule has 1 rings (SSSR count). The van der Waals surface area contributed by atoms with E-state index in [1.165, 1.54) is 11.8 Å². The highest BCUT2D eigenvalue weighted by Crippen LogP contribution is 2.20. The topological polar surface area (TPSA) is 72.2 Å². The number of nitrogen functional groups attached to an aromatic ring is 1. The van der Waals surface area contributed by atoms with Gasteiger partial charge < -0.3 is 5.73 Å². The first-order valence-corrected chi connectivity index (χ1v) is 8.48. The van der Waals surface area contributed by atoms with Gasteiger partial charge in [-0.05, 0) is 24.1 Å². The van der Waals surface area contributed by atoms with Crippen molar-refractivity contribution in [2.75, 3.05) is 23.8 Å². The minimum atomic E-state index is -3.16. The van der Waals surface area contributed by atoms with Crippen LogP contribution in [-0.4, -0.2) is 26.5 Å². The van der Waals surface area contributed by atoms with Gasteiger partial charge in [-0.25, -0.2) is 13.1 Å². The van der Waals surface area contributed by atoms with E-state index in [1.54, 1.807) is 0 Å². The van der Waals surface area contributed by atoms with Gasteiger partial charge in [0, 0.05) is 22.9 Å². The lowest BCUT2D eigenvalue weighted by molar-refractivity contribution is 0.561. The molecule has 0 amide bonds. The maximum Gasteiger partial charge on any atom is 0.212 e. The molecule has 0 aliphatic rings.